The Balaban J connectivity index is 1.69. The Morgan fingerprint density at radius 2 is 2.14 bits per heavy atom. The van der Waals surface area contributed by atoms with Crippen LogP contribution in [0.2, 0.25) is 0 Å². The highest BCUT2D eigenvalue weighted by molar-refractivity contribution is 5.78. The van der Waals surface area contributed by atoms with Gasteiger partial charge in [-0.1, -0.05) is 26.0 Å². The largest absolute Gasteiger partial charge is 0.493 e. The molecule has 122 valence electrons. The Labute approximate surface area is 133 Å². The number of amides is 1. The van der Waals surface area contributed by atoms with Gasteiger partial charge in [-0.25, -0.2) is 0 Å². The molecule has 1 amide bonds. The number of carbonyl (C=O) groups is 1. The molecule has 0 aromatic heterocycles. The lowest BCUT2D eigenvalue weighted by Crippen LogP contribution is -2.41. The smallest absolute Gasteiger partial charge is 0.224 e. The fourth-order valence-electron chi connectivity index (χ4n) is 2.57. The number of hydrogen-bond acceptors (Lipinski definition) is 3. The number of benzene rings is 1. The zero-order valence-corrected chi connectivity index (χ0v) is 13.7. The highest BCUT2D eigenvalue weighted by Gasteiger charge is 2.20. The van der Waals surface area contributed by atoms with Gasteiger partial charge in [-0.2, -0.15) is 0 Å². The van der Waals surface area contributed by atoms with Crippen LogP contribution in [0.1, 0.15) is 32.3 Å². The van der Waals surface area contributed by atoms with Crippen LogP contribution in [0.15, 0.2) is 24.3 Å². The molecule has 4 heteroatoms. The highest BCUT2D eigenvalue weighted by atomic mass is 16.5. The summed E-state index contributed by atoms with van der Waals surface area (Å²) in [5.41, 5.74) is 1.22. The van der Waals surface area contributed by atoms with Gasteiger partial charge in [-0.05, 0) is 49.4 Å². The van der Waals surface area contributed by atoms with E-state index in [0.29, 0.717) is 12.5 Å². The minimum absolute atomic E-state index is 0.139. The summed E-state index contributed by atoms with van der Waals surface area (Å²) < 4.78 is 5.67. The van der Waals surface area contributed by atoms with E-state index in [2.05, 4.69) is 36.6 Å². The normalized spacial score (nSPS) is 18.2. The van der Waals surface area contributed by atoms with E-state index in [1.165, 1.54) is 5.56 Å². The van der Waals surface area contributed by atoms with Crippen molar-refractivity contribution in [2.24, 2.45) is 11.8 Å². The van der Waals surface area contributed by atoms with Gasteiger partial charge in [0.25, 0.3) is 0 Å². The SMILES string of the molecule is CC(C)COc1ccc(CCNC(=O)C2CCCNC2)cc1. The van der Waals surface area contributed by atoms with Crippen LogP contribution in [0.4, 0.5) is 0 Å². The zero-order chi connectivity index (χ0) is 15.8. The van der Waals surface area contributed by atoms with Crippen molar-refractivity contribution in [1.82, 2.24) is 10.6 Å². The lowest BCUT2D eigenvalue weighted by molar-refractivity contribution is -0.125. The molecule has 2 N–H and O–H groups in total. The van der Waals surface area contributed by atoms with E-state index >= 15 is 0 Å². The summed E-state index contributed by atoms with van der Waals surface area (Å²) in [4.78, 5) is 12.0. The Hall–Kier alpha value is -1.55. The minimum Gasteiger partial charge on any atom is -0.493 e. The first kappa shape index (κ1) is 16.8. The second-order valence-corrected chi connectivity index (χ2v) is 6.43. The van der Waals surface area contributed by atoms with E-state index in [4.69, 9.17) is 4.74 Å². The molecule has 0 aliphatic carbocycles. The van der Waals surface area contributed by atoms with E-state index in [1.54, 1.807) is 0 Å². The molecule has 1 aliphatic heterocycles. The number of hydrogen-bond donors (Lipinski definition) is 2. The molecule has 1 saturated heterocycles. The maximum absolute atomic E-state index is 12.0. The standard InChI is InChI=1S/C18H28N2O2/c1-14(2)13-22-17-7-5-15(6-8-17)9-11-20-18(21)16-4-3-10-19-12-16/h5-8,14,16,19H,3-4,9-13H2,1-2H3,(H,20,21). The monoisotopic (exact) mass is 304 g/mol. The van der Waals surface area contributed by atoms with Gasteiger partial charge < -0.3 is 15.4 Å². The Morgan fingerprint density at radius 3 is 2.77 bits per heavy atom. The number of rotatable bonds is 7. The van der Waals surface area contributed by atoms with E-state index in [0.717, 1.165) is 44.7 Å². The molecule has 1 aliphatic rings. The number of ether oxygens (including phenoxy) is 1. The predicted octanol–water partition coefficient (Wildman–Crippen LogP) is 2.38. The number of carbonyl (C=O) groups excluding carboxylic acids is 1. The van der Waals surface area contributed by atoms with E-state index in [9.17, 15) is 4.79 Å². The third kappa shape index (κ3) is 5.68. The molecule has 0 bridgehead atoms. The molecule has 2 rings (SSSR count). The predicted molar refractivity (Wildman–Crippen MR) is 89.1 cm³/mol. The summed E-state index contributed by atoms with van der Waals surface area (Å²) in [6, 6.07) is 8.16. The second kappa shape index (κ2) is 8.79. The molecule has 0 spiro atoms. The molecule has 1 atom stereocenters. The molecule has 0 saturated carbocycles. The molecule has 1 unspecified atom stereocenters. The fraction of sp³-hybridized carbons (Fsp3) is 0.611. The van der Waals surface area contributed by atoms with Gasteiger partial charge in [0.15, 0.2) is 0 Å². The highest BCUT2D eigenvalue weighted by Crippen LogP contribution is 2.14. The third-order valence-corrected chi connectivity index (χ3v) is 3.89. The molecule has 0 radical (unpaired) electrons. The van der Waals surface area contributed by atoms with E-state index in [-0.39, 0.29) is 11.8 Å². The maximum Gasteiger partial charge on any atom is 0.224 e. The van der Waals surface area contributed by atoms with Crippen molar-refractivity contribution in [3.8, 4) is 5.75 Å². The fourth-order valence-corrected chi connectivity index (χ4v) is 2.57. The van der Waals surface area contributed by atoms with Crippen LogP contribution in [-0.2, 0) is 11.2 Å². The number of piperidine rings is 1. The molecule has 4 nitrogen and oxygen atoms in total. The van der Waals surface area contributed by atoms with E-state index in [1.807, 2.05) is 12.1 Å². The van der Waals surface area contributed by atoms with Crippen LogP contribution in [0.3, 0.4) is 0 Å². The Bertz CT molecular complexity index is 451. The summed E-state index contributed by atoms with van der Waals surface area (Å²) in [6.45, 7) is 7.56. The molecule has 1 aromatic carbocycles. The lowest BCUT2D eigenvalue weighted by atomic mass is 9.99. The quantitative estimate of drug-likeness (QED) is 0.813. The van der Waals surface area contributed by atoms with Crippen LogP contribution in [-0.4, -0.2) is 32.1 Å². The van der Waals surface area contributed by atoms with Crippen molar-refractivity contribution >= 4 is 5.91 Å². The minimum atomic E-state index is 0.139. The van der Waals surface area contributed by atoms with Crippen LogP contribution in [0, 0.1) is 11.8 Å². The van der Waals surface area contributed by atoms with Gasteiger partial charge in [0, 0.05) is 13.1 Å². The van der Waals surface area contributed by atoms with E-state index < -0.39 is 0 Å². The van der Waals surface area contributed by atoms with Crippen LogP contribution < -0.4 is 15.4 Å². The summed E-state index contributed by atoms with van der Waals surface area (Å²) in [5, 5.41) is 6.32. The van der Waals surface area contributed by atoms with Crippen molar-refractivity contribution in [3.63, 3.8) is 0 Å². The topological polar surface area (TPSA) is 50.4 Å². The molecular formula is C18H28N2O2. The maximum atomic E-state index is 12.0. The Kier molecular flexibility index (Phi) is 6.72. The molecule has 1 fully saturated rings. The lowest BCUT2D eigenvalue weighted by Gasteiger charge is -2.21. The van der Waals surface area contributed by atoms with Gasteiger partial charge >= 0.3 is 0 Å². The first-order chi connectivity index (χ1) is 10.6. The first-order valence-corrected chi connectivity index (χ1v) is 8.35. The molecule has 1 aromatic rings. The zero-order valence-electron chi connectivity index (χ0n) is 13.7. The van der Waals surface area contributed by atoms with Crippen LogP contribution >= 0.6 is 0 Å². The first-order valence-electron chi connectivity index (χ1n) is 8.35. The van der Waals surface area contributed by atoms with Gasteiger partial charge in [-0.15, -0.1) is 0 Å². The van der Waals surface area contributed by atoms with Crippen molar-refractivity contribution in [2.75, 3.05) is 26.2 Å². The van der Waals surface area contributed by atoms with Gasteiger partial charge in [-0.3, -0.25) is 4.79 Å². The summed E-state index contributed by atoms with van der Waals surface area (Å²) >= 11 is 0. The summed E-state index contributed by atoms with van der Waals surface area (Å²) in [5.74, 6) is 1.77. The molecular weight excluding hydrogens is 276 g/mol. The van der Waals surface area contributed by atoms with Crippen molar-refractivity contribution in [1.29, 1.82) is 0 Å². The number of nitrogens with one attached hydrogen (secondary N) is 2. The van der Waals surface area contributed by atoms with Crippen molar-refractivity contribution in [2.45, 2.75) is 33.1 Å². The van der Waals surface area contributed by atoms with Crippen molar-refractivity contribution in [3.05, 3.63) is 29.8 Å². The average Bonchev–Trinajstić information content (AvgIpc) is 2.55. The molecule has 1 heterocycles. The summed E-state index contributed by atoms with van der Waals surface area (Å²) in [7, 11) is 0. The van der Waals surface area contributed by atoms with Gasteiger partial charge in [0.2, 0.25) is 5.91 Å². The van der Waals surface area contributed by atoms with Crippen LogP contribution in [0.25, 0.3) is 0 Å². The van der Waals surface area contributed by atoms with Crippen LogP contribution in [0.5, 0.6) is 5.75 Å². The third-order valence-electron chi connectivity index (χ3n) is 3.89. The van der Waals surface area contributed by atoms with Crippen molar-refractivity contribution < 1.29 is 9.53 Å². The Morgan fingerprint density at radius 1 is 1.36 bits per heavy atom. The second-order valence-electron chi connectivity index (χ2n) is 6.43. The summed E-state index contributed by atoms with van der Waals surface area (Å²) in [6.07, 6.45) is 2.95. The van der Waals surface area contributed by atoms with Gasteiger partial charge in [0.05, 0.1) is 12.5 Å². The van der Waals surface area contributed by atoms with Gasteiger partial charge in [0.1, 0.15) is 5.75 Å². The average molecular weight is 304 g/mol. The molecule has 22 heavy (non-hydrogen) atoms.